The minimum absolute atomic E-state index is 0.396. The van der Waals surface area contributed by atoms with Gasteiger partial charge in [-0.25, -0.2) is 0 Å². The van der Waals surface area contributed by atoms with Crippen molar-refractivity contribution in [1.82, 2.24) is 4.98 Å². The molecule has 0 radical (unpaired) electrons. The van der Waals surface area contributed by atoms with Crippen molar-refractivity contribution in [2.45, 2.75) is 12.8 Å². The Labute approximate surface area is 199 Å². The summed E-state index contributed by atoms with van der Waals surface area (Å²) in [4.78, 5) is 9.02. The van der Waals surface area contributed by atoms with Gasteiger partial charge < -0.3 is 16.2 Å². The first kappa shape index (κ1) is 21.5. The van der Waals surface area contributed by atoms with E-state index in [1.807, 2.05) is 60.8 Å². The normalized spacial score (nSPS) is 14.0. The summed E-state index contributed by atoms with van der Waals surface area (Å²) in [5.41, 5.74) is 17.9. The number of aromatic nitrogens is 1. The molecule has 1 aromatic heterocycles. The molecule has 1 heterocycles. The fourth-order valence-corrected chi connectivity index (χ4v) is 4.29. The van der Waals surface area contributed by atoms with Crippen LogP contribution in [0.25, 0.3) is 27.6 Å². The van der Waals surface area contributed by atoms with Crippen LogP contribution in [0.5, 0.6) is 5.75 Å². The molecule has 0 fully saturated rings. The van der Waals surface area contributed by atoms with Crippen LogP contribution >= 0.6 is 0 Å². The van der Waals surface area contributed by atoms with Crippen LogP contribution in [0.4, 0.5) is 5.69 Å². The van der Waals surface area contributed by atoms with Gasteiger partial charge in [-0.3, -0.25) is 9.98 Å². The van der Waals surface area contributed by atoms with E-state index in [1.54, 1.807) is 7.05 Å². The lowest BCUT2D eigenvalue weighted by molar-refractivity contribution is 0.404. The number of anilines is 1. The zero-order valence-corrected chi connectivity index (χ0v) is 19.0. The molecule has 5 heteroatoms. The van der Waals surface area contributed by atoms with Gasteiger partial charge in [-0.15, -0.1) is 0 Å². The number of ether oxygens (including phenoxy) is 1. The molecule has 4 aromatic rings. The molecule has 3 aromatic carbocycles. The van der Waals surface area contributed by atoms with E-state index in [0.717, 1.165) is 52.0 Å². The summed E-state index contributed by atoms with van der Waals surface area (Å²) in [6.07, 6.45) is 7.48. The maximum absolute atomic E-state index is 6.68. The Morgan fingerprint density at radius 3 is 2.41 bits per heavy atom. The van der Waals surface area contributed by atoms with Crippen molar-refractivity contribution in [2.24, 2.45) is 10.7 Å². The molecule has 0 amide bonds. The van der Waals surface area contributed by atoms with E-state index >= 15 is 0 Å². The predicted octanol–water partition coefficient (Wildman–Crippen LogP) is 5.96. The molecule has 5 nitrogen and oxygen atoms in total. The largest absolute Gasteiger partial charge is 0.462 e. The summed E-state index contributed by atoms with van der Waals surface area (Å²) in [6, 6.07) is 24.3. The lowest BCUT2D eigenvalue weighted by Gasteiger charge is -2.20. The van der Waals surface area contributed by atoms with Crippen molar-refractivity contribution in [3.63, 3.8) is 0 Å². The van der Waals surface area contributed by atoms with Gasteiger partial charge in [0.1, 0.15) is 17.3 Å². The second-order valence-corrected chi connectivity index (χ2v) is 8.22. The minimum Gasteiger partial charge on any atom is -0.462 e. The molecule has 0 aliphatic heterocycles. The van der Waals surface area contributed by atoms with Gasteiger partial charge in [0.25, 0.3) is 0 Å². The number of hydrogen-bond acceptors (Lipinski definition) is 4. The molecule has 1 aliphatic rings. The van der Waals surface area contributed by atoms with E-state index in [-0.39, 0.29) is 0 Å². The number of rotatable bonds is 5. The molecular formula is C29H26N4O. The molecule has 0 bridgehead atoms. The van der Waals surface area contributed by atoms with Crippen molar-refractivity contribution in [3.05, 3.63) is 108 Å². The summed E-state index contributed by atoms with van der Waals surface area (Å²) in [5.74, 6) is 2.15. The van der Waals surface area contributed by atoms with Gasteiger partial charge in [0.15, 0.2) is 0 Å². The summed E-state index contributed by atoms with van der Waals surface area (Å²) in [6.45, 7) is 0. The first-order valence-electron chi connectivity index (χ1n) is 11.3. The Morgan fingerprint density at radius 1 is 0.912 bits per heavy atom. The van der Waals surface area contributed by atoms with E-state index < -0.39 is 0 Å². The molecule has 0 saturated carbocycles. The molecule has 0 saturated heterocycles. The first-order valence-corrected chi connectivity index (χ1v) is 11.3. The Hall–Kier alpha value is -4.38. The van der Waals surface area contributed by atoms with E-state index in [1.165, 1.54) is 5.39 Å². The highest BCUT2D eigenvalue weighted by Crippen LogP contribution is 2.36. The number of allylic oxidation sites excluding steroid dienone is 4. The Kier molecular flexibility index (Phi) is 5.83. The lowest BCUT2D eigenvalue weighted by atomic mass is 9.91. The standard InChI is InChI=1S/C29H26N4O/c1-32-29(31)26-25(20-13-15-24(16-14-20)34-23-9-3-2-4-10-23)18-33-28(27(26)30)22-12-11-19-7-5-6-8-21(19)17-22/h2-13,15,17-18H,14,16,30H2,1H3,(H2,31,32). The summed E-state index contributed by atoms with van der Waals surface area (Å²) in [5, 5.41) is 2.30. The number of nitrogen functional groups attached to an aromatic ring is 1. The van der Waals surface area contributed by atoms with Crippen LogP contribution in [-0.4, -0.2) is 17.9 Å². The summed E-state index contributed by atoms with van der Waals surface area (Å²) < 4.78 is 6.00. The zero-order valence-electron chi connectivity index (χ0n) is 19.0. The third kappa shape index (κ3) is 4.16. The molecule has 1 aliphatic carbocycles. The van der Waals surface area contributed by atoms with E-state index in [0.29, 0.717) is 17.2 Å². The van der Waals surface area contributed by atoms with E-state index in [4.69, 9.17) is 21.2 Å². The number of nitrogens with zero attached hydrogens (tertiary/aromatic N) is 2. The SMILES string of the molecule is C/N=C(/N)c1c(C2=CC=C(Oc3ccccc3)CC2)cnc(-c2ccc3ccccc3c2)c1N. The van der Waals surface area contributed by atoms with Gasteiger partial charge in [-0.05, 0) is 47.0 Å². The summed E-state index contributed by atoms with van der Waals surface area (Å²) in [7, 11) is 1.68. The Morgan fingerprint density at radius 2 is 1.68 bits per heavy atom. The van der Waals surface area contributed by atoms with E-state index in [9.17, 15) is 0 Å². The smallest absolute Gasteiger partial charge is 0.128 e. The van der Waals surface area contributed by atoms with Crippen LogP contribution in [0.3, 0.4) is 0 Å². The monoisotopic (exact) mass is 446 g/mol. The topological polar surface area (TPSA) is 86.5 Å². The number of benzene rings is 3. The average Bonchev–Trinajstić information content (AvgIpc) is 2.89. The Bertz CT molecular complexity index is 1450. The van der Waals surface area contributed by atoms with Gasteiger partial charge in [-0.2, -0.15) is 0 Å². The van der Waals surface area contributed by atoms with Crippen LogP contribution < -0.4 is 16.2 Å². The van der Waals surface area contributed by atoms with Crippen molar-refractivity contribution in [2.75, 3.05) is 12.8 Å². The second kappa shape index (κ2) is 9.24. The van der Waals surface area contributed by atoms with Crippen LogP contribution in [0, 0.1) is 0 Å². The van der Waals surface area contributed by atoms with Gasteiger partial charge >= 0.3 is 0 Å². The fourth-order valence-electron chi connectivity index (χ4n) is 4.29. The molecule has 4 N–H and O–H groups in total. The number of fused-ring (bicyclic) bond motifs is 1. The highest BCUT2D eigenvalue weighted by molar-refractivity contribution is 6.08. The van der Waals surface area contributed by atoms with Gasteiger partial charge in [0.05, 0.1) is 16.9 Å². The quantitative estimate of drug-likeness (QED) is 0.293. The molecule has 0 atom stereocenters. The number of hydrogen-bond donors (Lipinski definition) is 2. The van der Waals surface area contributed by atoms with Crippen LogP contribution in [0.1, 0.15) is 24.0 Å². The number of amidine groups is 1. The number of pyridine rings is 1. The number of nitrogens with two attached hydrogens (primary N) is 2. The van der Waals surface area contributed by atoms with Gasteiger partial charge in [-0.1, -0.05) is 60.7 Å². The van der Waals surface area contributed by atoms with Crippen molar-refractivity contribution in [1.29, 1.82) is 0 Å². The maximum Gasteiger partial charge on any atom is 0.128 e. The predicted molar refractivity (Wildman–Crippen MR) is 141 cm³/mol. The number of para-hydroxylation sites is 1. The van der Waals surface area contributed by atoms with Crippen LogP contribution in [-0.2, 0) is 0 Å². The minimum atomic E-state index is 0.396. The summed E-state index contributed by atoms with van der Waals surface area (Å²) >= 11 is 0. The highest BCUT2D eigenvalue weighted by atomic mass is 16.5. The molecular weight excluding hydrogens is 420 g/mol. The molecule has 0 spiro atoms. The van der Waals surface area contributed by atoms with Crippen LogP contribution in [0.2, 0.25) is 0 Å². The van der Waals surface area contributed by atoms with Gasteiger partial charge in [0.2, 0.25) is 0 Å². The highest BCUT2D eigenvalue weighted by Gasteiger charge is 2.21. The molecule has 34 heavy (non-hydrogen) atoms. The second-order valence-electron chi connectivity index (χ2n) is 8.22. The maximum atomic E-state index is 6.68. The molecule has 5 rings (SSSR count). The first-order chi connectivity index (χ1) is 16.6. The van der Waals surface area contributed by atoms with Crippen LogP contribution in [0.15, 0.2) is 102 Å². The van der Waals surface area contributed by atoms with Gasteiger partial charge in [0, 0.05) is 30.8 Å². The Balaban J connectivity index is 1.54. The van der Waals surface area contributed by atoms with E-state index in [2.05, 4.69) is 35.3 Å². The average molecular weight is 447 g/mol. The molecule has 168 valence electrons. The van der Waals surface area contributed by atoms with Crippen molar-refractivity contribution in [3.8, 4) is 17.0 Å². The third-order valence-corrected chi connectivity index (χ3v) is 6.09. The van der Waals surface area contributed by atoms with Crippen molar-refractivity contribution >= 4 is 27.9 Å². The third-order valence-electron chi connectivity index (χ3n) is 6.09. The lowest BCUT2D eigenvalue weighted by Crippen LogP contribution is -2.19. The number of aliphatic imine (C=N–C) groups is 1. The fraction of sp³-hybridized carbons (Fsp3) is 0.103. The molecule has 0 unspecified atom stereocenters. The van der Waals surface area contributed by atoms with Crippen molar-refractivity contribution < 1.29 is 4.74 Å². The zero-order chi connectivity index (χ0) is 23.5.